The Hall–Kier alpha value is -0.750. The topological polar surface area (TPSA) is 54.5 Å². The fourth-order valence-corrected chi connectivity index (χ4v) is 2.75. The molecule has 6 heteroatoms. The number of amidine groups is 1. The highest BCUT2D eigenvalue weighted by Crippen LogP contribution is 2.21. The average molecular weight is 258 g/mol. The van der Waals surface area contributed by atoms with Gasteiger partial charge in [0.2, 0.25) is 0 Å². The van der Waals surface area contributed by atoms with Gasteiger partial charge in [-0.05, 0) is 0 Å². The van der Waals surface area contributed by atoms with Gasteiger partial charge in [-0.15, -0.1) is 11.3 Å². The number of aliphatic imine (C=N–C) groups is 1. The SMILES string of the molecule is C/N=C(\N)CCSCc1csc(N(C)C)n1. The number of aromatic nitrogens is 1. The lowest BCUT2D eigenvalue weighted by Crippen LogP contribution is -2.11. The summed E-state index contributed by atoms with van der Waals surface area (Å²) >= 11 is 3.52. The van der Waals surface area contributed by atoms with Gasteiger partial charge in [0.25, 0.3) is 0 Å². The van der Waals surface area contributed by atoms with Gasteiger partial charge in [-0.2, -0.15) is 11.8 Å². The van der Waals surface area contributed by atoms with Crippen LogP contribution in [-0.4, -0.2) is 37.7 Å². The fourth-order valence-electron chi connectivity index (χ4n) is 1.03. The minimum absolute atomic E-state index is 0.722. The molecule has 16 heavy (non-hydrogen) atoms. The number of hydrogen-bond donors (Lipinski definition) is 1. The molecular formula is C10H18N4S2. The molecule has 0 aliphatic heterocycles. The molecule has 0 amide bonds. The quantitative estimate of drug-likeness (QED) is 0.480. The summed E-state index contributed by atoms with van der Waals surface area (Å²) in [6.07, 6.45) is 0.853. The number of hydrogen-bond acceptors (Lipinski definition) is 5. The highest BCUT2D eigenvalue weighted by Gasteiger charge is 2.03. The second-order valence-corrected chi connectivity index (χ2v) is 5.48. The lowest BCUT2D eigenvalue weighted by atomic mass is 10.4. The first-order valence-corrected chi connectivity index (χ1v) is 7.07. The summed E-state index contributed by atoms with van der Waals surface area (Å²) in [6.45, 7) is 0. The Labute approximate surface area is 105 Å². The maximum atomic E-state index is 5.61. The van der Waals surface area contributed by atoms with Crippen molar-refractivity contribution in [1.82, 2.24) is 4.98 Å². The van der Waals surface area contributed by atoms with E-state index in [9.17, 15) is 0 Å². The van der Waals surface area contributed by atoms with E-state index in [1.54, 1.807) is 18.4 Å². The van der Waals surface area contributed by atoms with E-state index in [0.29, 0.717) is 0 Å². The zero-order valence-corrected chi connectivity index (χ0v) is 11.6. The average Bonchev–Trinajstić information content (AvgIpc) is 2.72. The maximum Gasteiger partial charge on any atom is 0.185 e. The van der Waals surface area contributed by atoms with Crippen molar-refractivity contribution in [3.8, 4) is 0 Å². The normalized spacial score (nSPS) is 11.8. The predicted molar refractivity (Wildman–Crippen MR) is 74.8 cm³/mol. The van der Waals surface area contributed by atoms with E-state index in [-0.39, 0.29) is 0 Å². The van der Waals surface area contributed by atoms with E-state index >= 15 is 0 Å². The van der Waals surface area contributed by atoms with Gasteiger partial charge in [-0.3, -0.25) is 4.99 Å². The molecule has 1 heterocycles. The number of thioether (sulfide) groups is 1. The number of thiazole rings is 1. The molecule has 0 saturated carbocycles. The first-order valence-electron chi connectivity index (χ1n) is 5.04. The Balaban J connectivity index is 2.27. The Morgan fingerprint density at radius 2 is 2.38 bits per heavy atom. The van der Waals surface area contributed by atoms with Crippen molar-refractivity contribution in [2.75, 3.05) is 31.8 Å². The van der Waals surface area contributed by atoms with Gasteiger partial charge in [-0.25, -0.2) is 4.98 Å². The van der Waals surface area contributed by atoms with Gasteiger partial charge in [0.15, 0.2) is 5.13 Å². The summed E-state index contributed by atoms with van der Waals surface area (Å²) in [5.74, 6) is 2.67. The number of nitrogens with zero attached hydrogens (tertiary/aromatic N) is 3. The molecule has 2 N–H and O–H groups in total. The van der Waals surface area contributed by atoms with Crippen LogP contribution in [0.4, 0.5) is 5.13 Å². The van der Waals surface area contributed by atoms with Crippen LogP contribution in [0.15, 0.2) is 10.4 Å². The van der Waals surface area contributed by atoms with Gasteiger partial charge >= 0.3 is 0 Å². The molecule has 0 spiro atoms. The van der Waals surface area contributed by atoms with Crippen LogP contribution in [0.2, 0.25) is 0 Å². The van der Waals surface area contributed by atoms with Gasteiger partial charge in [-0.1, -0.05) is 0 Å². The Morgan fingerprint density at radius 3 is 2.94 bits per heavy atom. The highest BCUT2D eigenvalue weighted by molar-refractivity contribution is 7.98. The second kappa shape index (κ2) is 6.75. The monoisotopic (exact) mass is 258 g/mol. The fraction of sp³-hybridized carbons (Fsp3) is 0.600. The molecule has 0 bridgehead atoms. The molecule has 0 unspecified atom stereocenters. The van der Waals surface area contributed by atoms with Crippen LogP contribution in [0.25, 0.3) is 0 Å². The van der Waals surface area contributed by atoms with Crippen LogP contribution < -0.4 is 10.6 Å². The molecule has 4 nitrogen and oxygen atoms in total. The van der Waals surface area contributed by atoms with E-state index < -0.39 is 0 Å². The van der Waals surface area contributed by atoms with Gasteiger partial charge < -0.3 is 10.6 Å². The van der Waals surface area contributed by atoms with Crippen molar-refractivity contribution >= 4 is 34.1 Å². The third kappa shape index (κ3) is 4.40. The lowest BCUT2D eigenvalue weighted by Gasteiger charge is -2.05. The smallest absolute Gasteiger partial charge is 0.185 e. The summed E-state index contributed by atoms with van der Waals surface area (Å²) in [6, 6.07) is 0. The third-order valence-corrected chi connectivity index (χ3v) is 4.01. The Bertz CT molecular complexity index is 346. The van der Waals surface area contributed by atoms with Crippen LogP contribution in [0.3, 0.4) is 0 Å². The van der Waals surface area contributed by atoms with Crippen LogP contribution in [0.1, 0.15) is 12.1 Å². The molecule has 0 aromatic carbocycles. The molecule has 0 aliphatic carbocycles. The zero-order valence-electron chi connectivity index (χ0n) is 9.93. The number of rotatable bonds is 6. The van der Waals surface area contributed by atoms with Crippen molar-refractivity contribution in [2.24, 2.45) is 10.7 Å². The molecular weight excluding hydrogens is 240 g/mol. The van der Waals surface area contributed by atoms with Crippen molar-refractivity contribution in [2.45, 2.75) is 12.2 Å². The van der Waals surface area contributed by atoms with Crippen LogP contribution in [-0.2, 0) is 5.75 Å². The summed E-state index contributed by atoms with van der Waals surface area (Å²) in [7, 11) is 5.74. The van der Waals surface area contributed by atoms with Crippen molar-refractivity contribution in [1.29, 1.82) is 0 Å². The minimum Gasteiger partial charge on any atom is -0.387 e. The van der Waals surface area contributed by atoms with Crippen LogP contribution >= 0.6 is 23.1 Å². The molecule has 0 radical (unpaired) electrons. The summed E-state index contributed by atoms with van der Waals surface area (Å²) in [4.78, 5) is 10.5. The van der Waals surface area contributed by atoms with E-state index in [1.165, 1.54) is 0 Å². The van der Waals surface area contributed by atoms with E-state index in [1.807, 2.05) is 30.8 Å². The van der Waals surface area contributed by atoms with Crippen molar-refractivity contribution in [3.63, 3.8) is 0 Å². The first kappa shape index (κ1) is 13.3. The summed E-state index contributed by atoms with van der Waals surface area (Å²) in [5.41, 5.74) is 6.76. The molecule has 0 fully saturated rings. The first-order chi connectivity index (χ1) is 7.63. The third-order valence-electron chi connectivity index (χ3n) is 1.96. The molecule has 0 saturated heterocycles. The van der Waals surface area contributed by atoms with Crippen LogP contribution in [0, 0.1) is 0 Å². The van der Waals surface area contributed by atoms with Gasteiger partial charge in [0.1, 0.15) is 0 Å². The molecule has 0 atom stereocenters. The zero-order chi connectivity index (χ0) is 12.0. The van der Waals surface area contributed by atoms with Crippen LogP contribution in [0.5, 0.6) is 0 Å². The summed E-state index contributed by atoms with van der Waals surface area (Å²) in [5, 5.41) is 3.17. The van der Waals surface area contributed by atoms with Gasteiger partial charge in [0, 0.05) is 44.4 Å². The van der Waals surface area contributed by atoms with E-state index in [4.69, 9.17) is 5.73 Å². The van der Waals surface area contributed by atoms with E-state index in [0.717, 1.165) is 34.6 Å². The Kier molecular flexibility index (Phi) is 5.62. The summed E-state index contributed by atoms with van der Waals surface area (Å²) < 4.78 is 0. The van der Waals surface area contributed by atoms with Crippen molar-refractivity contribution < 1.29 is 0 Å². The van der Waals surface area contributed by atoms with Crippen molar-refractivity contribution in [3.05, 3.63) is 11.1 Å². The molecule has 90 valence electrons. The number of anilines is 1. The Morgan fingerprint density at radius 1 is 1.62 bits per heavy atom. The molecule has 1 rings (SSSR count). The highest BCUT2D eigenvalue weighted by atomic mass is 32.2. The molecule has 1 aromatic rings. The second-order valence-electron chi connectivity index (χ2n) is 3.53. The minimum atomic E-state index is 0.722. The van der Waals surface area contributed by atoms with Gasteiger partial charge in [0.05, 0.1) is 11.5 Å². The standard InChI is InChI=1S/C10H18N4S2/c1-12-9(11)4-5-15-6-8-7-16-10(13-8)14(2)3/h7H,4-6H2,1-3H3,(H2,11,12). The molecule has 1 aromatic heterocycles. The number of nitrogens with two attached hydrogens (primary N) is 1. The predicted octanol–water partition coefficient (Wildman–Crippen LogP) is 1.82. The molecule has 0 aliphatic rings. The largest absolute Gasteiger partial charge is 0.387 e. The maximum absolute atomic E-state index is 5.61. The lowest BCUT2D eigenvalue weighted by molar-refractivity contribution is 1.08. The van der Waals surface area contributed by atoms with E-state index in [2.05, 4.69) is 15.4 Å².